The summed E-state index contributed by atoms with van der Waals surface area (Å²) in [7, 11) is 1.90. The molecule has 5 heteroatoms. The lowest BCUT2D eigenvalue weighted by molar-refractivity contribution is 0.0697. The first-order chi connectivity index (χ1) is 8.68. The fourth-order valence-electron chi connectivity index (χ4n) is 1.74. The second-order valence-corrected chi connectivity index (χ2v) is 4.98. The van der Waals surface area contributed by atoms with E-state index >= 15 is 0 Å². The van der Waals surface area contributed by atoms with Crippen LogP contribution in [0.5, 0.6) is 0 Å². The number of aromatic carboxylic acids is 1. The molecule has 0 atom stereocenters. The SMILES string of the molecule is CN(CCc1cccs1)c1ccncc1C(=O)O. The summed E-state index contributed by atoms with van der Waals surface area (Å²) in [5, 5.41) is 11.1. The molecular formula is C13H14N2O2S. The van der Waals surface area contributed by atoms with Gasteiger partial charge in [-0.3, -0.25) is 4.98 Å². The minimum atomic E-state index is -0.943. The van der Waals surface area contributed by atoms with Gasteiger partial charge in [0.05, 0.1) is 5.69 Å². The van der Waals surface area contributed by atoms with Gasteiger partial charge in [-0.05, 0) is 23.9 Å². The van der Waals surface area contributed by atoms with Crippen LogP contribution in [-0.4, -0.2) is 29.7 Å². The van der Waals surface area contributed by atoms with E-state index in [4.69, 9.17) is 5.11 Å². The third-order valence-electron chi connectivity index (χ3n) is 2.71. The molecule has 2 aromatic rings. The van der Waals surface area contributed by atoms with Crippen molar-refractivity contribution in [3.63, 3.8) is 0 Å². The topological polar surface area (TPSA) is 53.4 Å². The number of likely N-dealkylation sites (N-methyl/N-ethyl adjacent to an activating group) is 1. The highest BCUT2D eigenvalue weighted by atomic mass is 32.1. The van der Waals surface area contributed by atoms with Crippen molar-refractivity contribution in [1.82, 2.24) is 4.98 Å². The Balaban J connectivity index is 2.09. The van der Waals surface area contributed by atoms with Crippen molar-refractivity contribution in [3.05, 3.63) is 46.4 Å². The summed E-state index contributed by atoms with van der Waals surface area (Å²) in [5.41, 5.74) is 0.945. The summed E-state index contributed by atoms with van der Waals surface area (Å²) in [6, 6.07) is 5.84. The second kappa shape index (κ2) is 5.64. The predicted octanol–water partition coefficient (Wildman–Crippen LogP) is 2.52. The van der Waals surface area contributed by atoms with Crippen molar-refractivity contribution in [2.75, 3.05) is 18.5 Å². The molecule has 0 aromatic carbocycles. The van der Waals surface area contributed by atoms with Gasteiger partial charge < -0.3 is 10.0 Å². The number of pyridine rings is 1. The van der Waals surface area contributed by atoms with E-state index in [1.807, 2.05) is 23.4 Å². The molecule has 4 nitrogen and oxygen atoms in total. The lowest BCUT2D eigenvalue weighted by Crippen LogP contribution is -2.22. The van der Waals surface area contributed by atoms with Gasteiger partial charge in [0.2, 0.25) is 0 Å². The molecule has 94 valence electrons. The molecule has 0 aliphatic carbocycles. The van der Waals surface area contributed by atoms with Crippen LogP contribution in [0, 0.1) is 0 Å². The highest BCUT2D eigenvalue weighted by Gasteiger charge is 2.13. The highest BCUT2D eigenvalue weighted by molar-refractivity contribution is 7.09. The van der Waals surface area contributed by atoms with Crippen LogP contribution in [0.2, 0.25) is 0 Å². The largest absolute Gasteiger partial charge is 0.478 e. The molecule has 0 radical (unpaired) electrons. The third-order valence-corrected chi connectivity index (χ3v) is 3.65. The molecule has 18 heavy (non-hydrogen) atoms. The fourth-order valence-corrected chi connectivity index (χ4v) is 2.44. The summed E-state index contributed by atoms with van der Waals surface area (Å²) in [4.78, 5) is 18.2. The van der Waals surface area contributed by atoms with E-state index in [0.29, 0.717) is 5.69 Å². The standard InChI is InChI=1S/C13H14N2O2S/c1-15(7-5-10-3-2-8-18-10)12-4-6-14-9-11(12)13(16)17/h2-4,6,8-9H,5,7H2,1H3,(H,16,17). The molecule has 0 saturated carbocycles. The first-order valence-electron chi connectivity index (χ1n) is 5.59. The van der Waals surface area contributed by atoms with Crippen LogP contribution in [0.25, 0.3) is 0 Å². The van der Waals surface area contributed by atoms with Crippen LogP contribution >= 0.6 is 11.3 Å². The van der Waals surface area contributed by atoms with Crippen LogP contribution in [0.4, 0.5) is 5.69 Å². The molecule has 2 heterocycles. The Kier molecular flexibility index (Phi) is 3.94. The number of nitrogens with zero attached hydrogens (tertiary/aromatic N) is 2. The summed E-state index contributed by atoms with van der Waals surface area (Å²) in [6.45, 7) is 0.783. The van der Waals surface area contributed by atoms with Gasteiger partial charge >= 0.3 is 5.97 Å². The zero-order valence-electron chi connectivity index (χ0n) is 10.0. The van der Waals surface area contributed by atoms with Crippen molar-refractivity contribution in [1.29, 1.82) is 0 Å². The van der Waals surface area contributed by atoms with E-state index in [2.05, 4.69) is 11.1 Å². The molecule has 0 aliphatic rings. The number of carboxylic acid groups (broad SMARTS) is 1. The first-order valence-corrected chi connectivity index (χ1v) is 6.47. The van der Waals surface area contributed by atoms with Crippen LogP contribution in [0.15, 0.2) is 36.0 Å². The van der Waals surface area contributed by atoms with Gasteiger partial charge in [-0.2, -0.15) is 0 Å². The Morgan fingerprint density at radius 2 is 2.33 bits per heavy atom. The normalized spacial score (nSPS) is 10.3. The quantitative estimate of drug-likeness (QED) is 0.899. The Bertz CT molecular complexity index is 526. The van der Waals surface area contributed by atoms with E-state index in [0.717, 1.165) is 13.0 Å². The van der Waals surface area contributed by atoms with Crippen molar-refractivity contribution in [2.24, 2.45) is 0 Å². The number of hydrogen-bond acceptors (Lipinski definition) is 4. The summed E-state index contributed by atoms with van der Waals surface area (Å²) < 4.78 is 0. The van der Waals surface area contributed by atoms with Gasteiger partial charge in [-0.15, -0.1) is 11.3 Å². The zero-order chi connectivity index (χ0) is 13.0. The van der Waals surface area contributed by atoms with Gasteiger partial charge in [-0.1, -0.05) is 6.07 Å². The van der Waals surface area contributed by atoms with Gasteiger partial charge in [0.25, 0.3) is 0 Å². The lowest BCUT2D eigenvalue weighted by Gasteiger charge is -2.20. The van der Waals surface area contributed by atoms with E-state index in [1.165, 1.54) is 11.1 Å². The maximum absolute atomic E-state index is 11.1. The number of hydrogen-bond donors (Lipinski definition) is 1. The van der Waals surface area contributed by atoms with Crippen LogP contribution < -0.4 is 4.90 Å². The molecule has 0 amide bonds. The van der Waals surface area contributed by atoms with E-state index in [9.17, 15) is 4.79 Å². The van der Waals surface area contributed by atoms with E-state index < -0.39 is 5.97 Å². The van der Waals surface area contributed by atoms with E-state index in [-0.39, 0.29) is 5.56 Å². The number of thiophene rings is 1. The molecule has 1 N–H and O–H groups in total. The maximum Gasteiger partial charge on any atom is 0.339 e. The van der Waals surface area contributed by atoms with Crippen molar-refractivity contribution >= 4 is 23.0 Å². The number of anilines is 1. The Hall–Kier alpha value is -1.88. The van der Waals surface area contributed by atoms with Crippen molar-refractivity contribution < 1.29 is 9.90 Å². The molecule has 2 rings (SSSR count). The fraction of sp³-hybridized carbons (Fsp3) is 0.231. The molecule has 0 spiro atoms. The zero-order valence-corrected chi connectivity index (χ0v) is 10.9. The predicted molar refractivity (Wildman–Crippen MR) is 72.5 cm³/mol. The summed E-state index contributed by atoms with van der Waals surface area (Å²) in [5.74, 6) is -0.943. The molecule has 0 fully saturated rings. The minimum Gasteiger partial charge on any atom is -0.478 e. The number of carboxylic acids is 1. The number of rotatable bonds is 5. The van der Waals surface area contributed by atoms with Gasteiger partial charge in [-0.25, -0.2) is 4.79 Å². The van der Waals surface area contributed by atoms with Crippen molar-refractivity contribution in [2.45, 2.75) is 6.42 Å². The number of aromatic nitrogens is 1. The smallest absolute Gasteiger partial charge is 0.339 e. The van der Waals surface area contributed by atoms with E-state index in [1.54, 1.807) is 23.6 Å². The first kappa shape index (κ1) is 12.6. The maximum atomic E-state index is 11.1. The van der Waals surface area contributed by atoms with Crippen LogP contribution in [-0.2, 0) is 6.42 Å². The van der Waals surface area contributed by atoms with Gasteiger partial charge in [0.1, 0.15) is 5.56 Å². The van der Waals surface area contributed by atoms with Crippen molar-refractivity contribution in [3.8, 4) is 0 Å². The Morgan fingerprint density at radius 1 is 1.50 bits per heavy atom. The third kappa shape index (κ3) is 2.87. The van der Waals surface area contributed by atoms with Gasteiger partial charge in [0.15, 0.2) is 0 Å². The summed E-state index contributed by atoms with van der Waals surface area (Å²) >= 11 is 1.72. The molecule has 0 saturated heterocycles. The monoisotopic (exact) mass is 262 g/mol. The Morgan fingerprint density at radius 3 is 3.00 bits per heavy atom. The second-order valence-electron chi connectivity index (χ2n) is 3.95. The minimum absolute atomic E-state index is 0.242. The van der Waals surface area contributed by atoms with Gasteiger partial charge in [0, 0.05) is 30.9 Å². The molecular weight excluding hydrogens is 248 g/mol. The van der Waals surface area contributed by atoms with Crippen LogP contribution in [0.3, 0.4) is 0 Å². The molecule has 0 bridgehead atoms. The average Bonchev–Trinajstić information content (AvgIpc) is 2.89. The molecule has 0 unspecified atom stereocenters. The highest BCUT2D eigenvalue weighted by Crippen LogP contribution is 2.19. The van der Waals surface area contributed by atoms with Crippen LogP contribution in [0.1, 0.15) is 15.2 Å². The number of carbonyl (C=O) groups is 1. The average molecular weight is 262 g/mol. The molecule has 2 aromatic heterocycles. The lowest BCUT2D eigenvalue weighted by atomic mass is 10.2. The Labute approximate surface area is 110 Å². The molecule has 0 aliphatic heterocycles. The summed E-state index contributed by atoms with van der Waals surface area (Å²) in [6.07, 6.45) is 3.91.